The number of allylic oxidation sites excluding steroid dienone is 1. The van der Waals surface area contributed by atoms with E-state index in [-0.39, 0.29) is 22.4 Å². The molecule has 0 saturated carbocycles. The average Bonchev–Trinajstić information content (AvgIpc) is 3.23. The number of benzene rings is 2. The van der Waals surface area contributed by atoms with E-state index in [2.05, 4.69) is 5.32 Å². The summed E-state index contributed by atoms with van der Waals surface area (Å²) in [5.41, 5.74) is 1.07. The summed E-state index contributed by atoms with van der Waals surface area (Å²) in [6, 6.07) is 14.8. The van der Waals surface area contributed by atoms with Gasteiger partial charge in [0.05, 0.1) is 11.1 Å². The summed E-state index contributed by atoms with van der Waals surface area (Å²) in [6.45, 7) is 3.24. The van der Waals surface area contributed by atoms with Crippen LogP contribution in [0.2, 0.25) is 0 Å². The summed E-state index contributed by atoms with van der Waals surface area (Å²) in [4.78, 5) is 25.8. The van der Waals surface area contributed by atoms with Gasteiger partial charge in [-0.15, -0.1) is 0 Å². The predicted octanol–water partition coefficient (Wildman–Crippen LogP) is 5.23. The van der Waals surface area contributed by atoms with Crippen molar-refractivity contribution in [2.45, 2.75) is 20.0 Å². The maximum atomic E-state index is 13.3. The van der Waals surface area contributed by atoms with Crippen LogP contribution in [0.25, 0.3) is 11.3 Å². The van der Waals surface area contributed by atoms with E-state index < -0.39 is 23.4 Å². The summed E-state index contributed by atoms with van der Waals surface area (Å²) in [7, 11) is 0. The summed E-state index contributed by atoms with van der Waals surface area (Å²) in [6.07, 6.45) is -4.51. The Bertz CT molecular complexity index is 1360. The molecule has 0 radical (unpaired) electrons. The number of fused-ring (bicyclic) bond motifs is 1. The molecule has 0 aliphatic carbocycles. The largest absolute Gasteiger partial charge is 0.416 e. The number of nitrogens with one attached hydrogen (secondary N) is 1. The molecule has 1 amide bonds. The lowest BCUT2D eigenvalue weighted by Gasteiger charge is -2.13. The number of para-hydroxylation sites is 1. The molecule has 0 atom stereocenters. The molecule has 2 heterocycles. The van der Waals surface area contributed by atoms with E-state index in [1.807, 2.05) is 6.07 Å². The quantitative estimate of drug-likeness (QED) is 0.348. The lowest BCUT2D eigenvalue weighted by Crippen LogP contribution is -2.12. The second-order valence-corrected chi connectivity index (χ2v) is 7.36. The van der Waals surface area contributed by atoms with Crippen LogP contribution in [0.1, 0.15) is 32.9 Å². The van der Waals surface area contributed by atoms with Gasteiger partial charge >= 0.3 is 6.18 Å². The van der Waals surface area contributed by atoms with Crippen LogP contribution in [0, 0.1) is 25.2 Å². The Hall–Kier alpha value is -4.12. The first-order valence-corrected chi connectivity index (χ1v) is 9.60. The summed E-state index contributed by atoms with van der Waals surface area (Å²) in [5.74, 6) is -1.22. The van der Waals surface area contributed by atoms with Crippen LogP contribution in [-0.4, -0.2) is 16.3 Å². The zero-order valence-electron chi connectivity index (χ0n) is 17.0. The molecule has 1 aliphatic rings. The van der Waals surface area contributed by atoms with Gasteiger partial charge in [-0.25, -0.2) is 0 Å². The maximum absolute atomic E-state index is 13.3. The number of anilines is 1. The van der Waals surface area contributed by atoms with Crippen LogP contribution < -0.4 is 5.32 Å². The molecule has 1 N–H and O–H groups in total. The van der Waals surface area contributed by atoms with Crippen molar-refractivity contribution in [3.05, 3.63) is 88.2 Å². The van der Waals surface area contributed by atoms with Crippen LogP contribution in [0.3, 0.4) is 0 Å². The van der Waals surface area contributed by atoms with E-state index in [9.17, 15) is 28.0 Å². The van der Waals surface area contributed by atoms with Crippen LogP contribution in [0.4, 0.5) is 18.9 Å². The number of halogens is 3. The number of carbonyl (C=O) groups excluding carboxylic acids is 2. The van der Waals surface area contributed by atoms with E-state index in [0.29, 0.717) is 22.6 Å². The van der Waals surface area contributed by atoms with Crippen LogP contribution in [0.15, 0.2) is 60.2 Å². The Labute approximate surface area is 181 Å². The van der Waals surface area contributed by atoms with E-state index in [0.717, 1.165) is 12.1 Å². The van der Waals surface area contributed by atoms with Gasteiger partial charge in [-0.1, -0.05) is 24.3 Å². The Balaban J connectivity index is 1.84. The Morgan fingerprint density at radius 2 is 1.78 bits per heavy atom. The van der Waals surface area contributed by atoms with Gasteiger partial charge in [0.2, 0.25) is 5.78 Å². The first-order chi connectivity index (χ1) is 15.1. The second-order valence-electron chi connectivity index (χ2n) is 7.36. The monoisotopic (exact) mass is 435 g/mol. The molecule has 5 nitrogen and oxygen atoms in total. The number of carbonyl (C=O) groups is 2. The topological polar surface area (TPSA) is 74.9 Å². The lowest BCUT2D eigenvalue weighted by molar-refractivity contribution is -0.137. The van der Waals surface area contributed by atoms with Crippen molar-refractivity contribution in [3.63, 3.8) is 0 Å². The van der Waals surface area contributed by atoms with Crippen molar-refractivity contribution < 1.29 is 22.8 Å². The summed E-state index contributed by atoms with van der Waals surface area (Å²) in [5, 5.41) is 12.4. The molecule has 0 saturated heterocycles. The Morgan fingerprint density at radius 1 is 1.06 bits per heavy atom. The van der Waals surface area contributed by atoms with Crippen LogP contribution in [-0.2, 0) is 11.0 Å². The van der Waals surface area contributed by atoms with E-state index in [4.69, 9.17) is 0 Å². The fourth-order valence-electron chi connectivity index (χ4n) is 3.93. The molecular weight excluding hydrogens is 419 g/mol. The summed E-state index contributed by atoms with van der Waals surface area (Å²) >= 11 is 0. The number of aromatic nitrogens is 1. The molecule has 32 heavy (non-hydrogen) atoms. The van der Waals surface area contributed by atoms with Gasteiger partial charge in [-0.3, -0.25) is 9.59 Å². The van der Waals surface area contributed by atoms with Crippen molar-refractivity contribution >= 4 is 23.0 Å². The molecule has 160 valence electrons. The predicted molar refractivity (Wildman–Crippen MR) is 112 cm³/mol. The Kier molecular flexibility index (Phi) is 4.97. The molecule has 0 fully saturated rings. The van der Waals surface area contributed by atoms with Crippen LogP contribution >= 0.6 is 0 Å². The second kappa shape index (κ2) is 7.54. The number of alkyl halides is 3. The SMILES string of the molecule is Cc1cc(C(=O)/C(C#N)=C2/C(=O)Nc3ccccc32)c(C)n1-c1cccc(C(F)(F)F)c1. The van der Waals surface area contributed by atoms with E-state index in [1.165, 1.54) is 22.8 Å². The third-order valence-electron chi connectivity index (χ3n) is 5.37. The van der Waals surface area contributed by atoms with Crippen molar-refractivity contribution in [2.24, 2.45) is 0 Å². The number of nitriles is 1. The zero-order chi connectivity index (χ0) is 23.2. The number of aryl methyl sites for hydroxylation is 1. The highest BCUT2D eigenvalue weighted by Crippen LogP contribution is 2.36. The lowest BCUT2D eigenvalue weighted by atomic mass is 9.95. The van der Waals surface area contributed by atoms with Crippen molar-refractivity contribution in [1.29, 1.82) is 5.26 Å². The molecule has 0 spiro atoms. The fourth-order valence-corrected chi connectivity index (χ4v) is 3.93. The smallest absolute Gasteiger partial charge is 0.321 e. The molecule has 1 aromatic heterocycles. The summed E-state index contributed by atoms with van der Waals surface area (Å²) < 4.78 is 41.0. The van der Waals surface area contributed by atoms with Gasteiger partial charge < -0.3 is 9.88 Å². The minimum atomic E-state index is -4.51. The minimum Gasteiger partial charge on any atom is -0.321 e. The minimum absolute atomic E-state index is 0.0167. The first-order valence-electron chi connectivity index (χ1n) is 9.60. The molecule has 4 rings (SSSR count). The average molecular weight is 435 g/mol. The van der Waals surface area contributed by atoms with Gasteiger partial charge in [0.15, 0.2) is 0 Å². The zero-order valence-corrected chi connectivity index (χ0v) is 17.0. The molecule has 2 aromatic carbocycles. The molecule has 3 aromatic rings. The molecular formula is C24H16F3N3O2. The van der Waals surface area contributed by atoms with E-state index in [1.54, 1.807) is 38.1 Å². The normalized spacial score (nSPS) is 14.6. The highest BCUT2D eigenvalue weighted by Gasteiger charge is 2.33. The molecule has 0 bridgehead atoms. The molecule has 0 unspecified atom stereocenters. The molecule has 8 heteroatoms. The third kappa shape index (κ3) is 3.38. The maximum Gasteiger partial charge on any atom is 0.416 e. The Morgan fingerprint density at radius 3 is 2.47 bits per heavy atom. The molecule has 1 aliphatic heterocycles. The van der Waals surface area contributed by atoms with Gasteiger partial charge in [-0.2, -0.15) is 18.4 Å². The van der Waals surface area contributed by atoms with Gasteiger partial charge in [-0.05, 0) is 44.2 Å². The van der Waals surface area contributed by atoms with E-state index >= 15 is 0 Å². The third-order valence-corrected chi connectivity index (χ3v) is 5.37. The highest BCUT2D eigenvalue weighted by molar-refractivity contribution is 6.37. The number of ketones is 1. The first kappa shape index (κ1) is 21.1. The highest BCUT2D eigenvalue weighted by atomic mass is 19.4. The standard InChI is InChI=1S/C24H16F3N3O2/c1-13-10-18(14(2)30(13)16-7-5-6-15(11-16)24(25,26)27)22(31)19(12-28)21-17-8-3-4-9-20(17)29-23(21)32/h3-11H,1-2H3,(H,29,32)/b21-19+. The van der Waals surface area contributed by atoms with Crippen molar-refractivity contribution in [2.75, 3.05) is 5.32 Å². The number of Topliss-reactive ketones (excluding diaryl/α,β-unsaturated/α-hetero) is 1. The van der Waals surface area contributed by atoms with Crippen molar-refractivity contribution in [1.82, 2.24) is 4.57 Å². The van der Waals surface area contributed by atoms with Gasteiger partial charge in [0.25, 0.3) is 5.91 Å². The fraction of sp³-hybridized carbons (Fsp3) is 0.125. The number of rotatable bonds is 3. The van der Waals surface area contributed by atoms with Crippen molar-refractivity contribution in [3.8, 4) is 11.8 Å². The number of nitrogens with zero attached hydrogens (tertiary/aromatic N) is 2. The number of hydrogen-bond donors (Lipinski definition) is 1. The number of amides is 1. The van der Waals surface area contributed by atoms with Gasteiger partial charge in [0.1, 0.15) is 11.6 Å². The van der Waals surface area contributed by atoms with Crippen LogP contribution in [0.5, 0.6) is 0 Å². The van der Waals surface area contributed by atoms with Gasteiger partial charge in [0, 0.05) is 33.9 Å². The number of hydrogen-bond acceptors (Lipinski definition) is 3.